The van der Waals surface area contributed by atoms with Crippen LogP contribution in [0.15, 0.2) is 12.1 Å². The summed E-state index contributed by atoms with van der Waals surface area (Å²) < 4.78 is 38.3. The lowest BCUT2D eigenvalue weighted by Crippen LogP contribution is -2.21. The van der Waals surface area contributed by atoms with Crippen LogP contribution in [0, 0.1) is 0 Å². The van der Waals surface area contributed by atoms with Gasteiger partial charge in [-0.25, -0.2) is 4.98 Å². The zero-order chi connectivity index (χ0) is 14.5. The van der Waals surface area contributed by atoms with E-state index >= 15 is 0 Å². The number of hydrogen-bond donors (Lipinski definition) is 3. The molecule has 1 rings (SSSR count). The Balaban J connectivity index is 3.02. The van der Waals surface area contributed by atoms with E-state index in [1.807, 2.05) is 6.92 Å². The van der Waals surface area contributed by atoms with Crippen LogP contribution in [0.25, 0.3) is 0 Å². The van der Waals surface area contributed by atoms with Crippen LogP contribution in [0.4, 0.5) is 24.8 Å². The van der Waals surface area contributed by atoms with Crippen LogP contribution in [0.2, 0.25) is 0 Å². The molecule has 108 valence electrons. The maximum atomic E-state index is 12.8. The lowest BCUT2D eigenvalue weighted by atomic mass is 10.2. The summed E-state index contributed by atoms with van der Waals surface area (Å²) in [6.45, 7) is 3.92. The lowest BCUT2D eigenvalue weighted by molar-refractivity contribution is -0.137. The van der Waals surface area contributed by atoms with Gasteiger partial charge in [0.15, 0.2) is 0 Å². The fraction of sp³-hybridized carbons (Fsp3) is 0.583. The average Bonchev–Trinajstić information content (AvgIpc) is 2.34. The first-order valence-corrected chi connectivity index (χ1v) is 6.07. The largest absolute Gasteiger partial charge is 0.416 e. The van der Waals surface area contributed by atoms with Gasteiger partial charge < -0.3 is 15.7 Å². The molecule has 0 saturated carbocycles. The van der Waals surface area contributed by atoms with Gasteiger partial charge in [0.25, 0.3) is 0 Å². The van der Waals surface area contributed by atoms with E-state index in [2.05, 4.69) is 15.6 Å². The van der Waals surface area contributed by atoms with Crippen molar-refractivity contribution in [2.75, 3.05) is 23.8 Å². The molecule has 0 aliphatic heterocycles. The predicted octanol–water partition coefficient (Wildman–Crippen LogP) is 2.72. The molecule has 0 saturated heterocycles. The van der Waals surface area contributed by atoms with Crippen LogP contribution < -0.4 is 10.6 Å². The monoisotopic (exact) mass is 277 g/mol. The molecule has 0 aliphatic rings. The molecule has 0 spiro atoms. The van der Waals surface area contributed by atoms with Gasteiger partial charge in [0.1, 0.15) is 11.6 Å². The molecule has 1 atom stereocenters. The van der Waals surface area contributed by atoms with Crippen LogP contribution >= 0.6 is 0 Å². The summed E-state index contributed by atoms with van der Waals surface area (Å²) in [7, 11) is 0. The summed E-state index contributed by atoms with van der Waals surface area (Å²) in [4.78, 5) is 4.04. The highest BCUT2D eigenvalue weighted by atomic mass is 19.4. The number of anilines is 2. The van der Waals surface area contributed by atoms with Crippen molar-refractivity contribution in [2.45, 2.75) is 32.5 Å². The zero-order valence-electron chi connectivity index (χ0n) is 10.9. The Kier molecular flexibility index (Phi) is 5.41. The molecule has 0 aromatic carbocycles. The Morgan fingerprint density at radius 2 is 1.95 bits per heavy atom. The van der Waals surface area contributed by atoms with Crippen molar-refractivity contribution in [3.8, 4) is 0 Å². The van der Waals surface area contributed by atoms with Gasteiger partial charge in [0, 0.05) is 12.6 Å². The third-order valence-corrected chi connectivity index (χ3v) is 2.38. The van der Waals surface area contributed by atoms with Gasteiger partial charge in [-0.3, -0.25) is 0 Å². The Labute approximate surface area is 110 Å². The molecule has 0 amide bonds. The minimum atomic E-state index is -4.43. The maximum absolute atomic E-state index is 12.8. The molecule has 19 heavy (non-hydrogen) atoms. The van der Waals surface area contributed by atoms with Crippen molar-refractivity contribution in [3.05, 3.63) is 17.7 Å². The maximum Gasteiger partial charge on any atom is 0.416 e. The first-order valence-electron chi connectivity index (χ1n) is 6.07. The van der Waals surface area contributed by atoms with E-state index in [9.17, 15) is 13.2 Å². The van der Waals surface area contributed by atoms with Gasteiger partial charge in [-0.1, -0.05) is 6.92 Å². The van der Waals surface area contributed by atoms with Crippen molar-refractivity contribution < 1.29 is 18.3 Å². The van der Waals surface area contributed by atoms with Crippen LogP contribution in [-0.4, -0.2) is 29.3 Å². The molecule has 0 fully saturated rings. The molecule has 0 aliphatic carbocycles. The van der Waals surface area contributed by atoms with Gasteiger partial charge in [-0.2, -0.15) is 13.2 Å². The van der Waals surface area contributed by atoms with Crippen molar-refractivity contribution in [3.63, 3.8) is 0 Å². The fourth-order valence-electron chi connectivity index (χ4n) is 1.41. The van der Waals surface area contributed by atoms with Crippen molar-refractivity contribution in [1.29, 1.82) is 0 Å². The lowest BCUT2D eigenvalue weighted by Gasteiger charge is -2.16. The van der Waals surface area contributed by atoms with Crippen LogP contribution in [0.3, 0.4) is 0 Å². The molecule has 1 heterocycles. The predicted molar refractivity (Wildman–Crippen MR) is 68.2 cm³/mol. The van der Waals surface area contributed by atoms with Gasteiger partial charge >= 0.3 is 6.18 Å². The van der Waals surface area contributed by atoms with E-state index in [0.717, 1.165) is 18.6 Å². The molecule has 0 radical (unpaired) electrons. The smallest absolute Gasteiger partial charge is 0.394 e. The van der Waals surface area contributed by atoms with Crippen molar-refractivity contribution >= 4 is 11.6 Å². The molecule has 1 unspecified atom stereocenters. The second kappa shape index (κ2) is 6.60. The summed E-state index contributed by atoms with van der Waals surface area (Å²) in [6.07, 6.45) is -3.64. The summed E-state index contributed by atoms with van der Waals surface area (Å²) in [5, 5.41) is 14.5. The van der Waals surface area contributed by atoms with E-state index in [1.165, 1.54) is 0 Å². The standard InChI is InChI=1S/C12H18F3N3O/c1-3-4-16-10-5-9(12(13,14)15)6-11(18-10)17-8(2)7-19/h5-6,8,19H,3-4,7H2,1-2H3,(H2,16,17,18). The first-order chi connectivity index (χ1) is 8.86. The molecular formula is C12H18F3N3O. The molecule has 4 nitrogen and oxygen atoms in total. The minimum absolute atomic E-state index is 0.0926. The molecule has 3 N–H and O–H groups in total. The average molecular weight is 277 g/mol. The third kappa shape index (κ3) is 4.94. The zero-order valence-corrected chi connectivity index (χ0v) is 10.9. The van der Waals surface area contributed by atoms with Gasteiger partial charge in [-0.05, 0) is 25.5 Å². The number of halogens is 3. The number of hydrogen-bond acceptors (Lipinski definition) is 4. The number of nitrogens with one attached hydrogen (secondary N) is 2. The van der Waals surface area contributed by atoms with Gasteiger partial charge in [0.05, 0.1) is 12.2 Å². The Morgan fingerprint density at radius 3 is 2.47 bits per heavy atom. The van der Waals surface area contributed by atoms with Gasteiger partial charge in [-0.15, -0.1) is 0 Å². The molecule has 1 aromatic rings. The van der Waals surface area contributed by atoms with Crippen LogP contribution in [0.1, 0.15) is 25.8 Å². The van der Waals surface area contributed by atoms with Crippen molar-refractivity contribution in [2.24, 2.45) is 0 Å². The molecule has 1 aromatic heterocycles. The Hall–Kier alpha value is -1.50. The normalized spacial score (nSPS) is 13.2. The van der Waals surface area contributed by atoms with E-state index in [4.69, 9.17) is 5.11 Å². The van der Waals surface area contributed by atoms with Crippen LogP contribution in [0.5, 0.6) is 0 Å². The van der Waals surface area contributed by atoms with E-state index in [0.29, 0.717) is 6.54 Å². The number of aliphatic hydroxyl groups is 1. The highest BCUT2D eigenvalue weighted by Gasteiger charge is 2.31. The summed E-state index contributed by atoms with van der Waals surface area (Å²) in [5.41, 5.74) is -0.770. The Morgan fingerprint density at radius 1 is 1.32 bits per heavy atom. The summed E-state index contributed by atoms with van der Waals surface area (Å²) in [5.74, 6) is 0.263. The summed E-state index contributed by atoms with van der Waals surface area (Å²) in [6, 6.07) is 1.54. The highest BCUT2D eigenvalue weighted by molar-refractivity contribution is 5.50. The topological polar surface area (TPSA) is 57.2 Å². The van der Waals surface area contributed by atoms with Gasteiger partial charge in [0.2, 0.25) is 0 Å². The van der Waals surface area contributed by atoms with Crippen molar-refractivity contribution in [1.82, 2.24) is 4.98 Å². The van der Waals surface area contributed by atoms with E-state index < -0.39 is 11.7 Å². The van der Waals surface area contributed by atoms with E-state index in [-0.39, 0.29) is 24.3 Å². The number of rotatable bonds is 6. The minimum Gasteiger partial charge on any atom is -0.394 e. The highest BCUT2D eigenvalue weighted by Crippen LogP contribution is 2.32. The second-order valence-electron chi connectivity index (χ2n) is 4.28. The molecule has 7 heteroatoms. The second-order valence-corrected chi connectivity index (χ2v) is 4.28. The first kappa shape index (κ1) is 15.6. The summed E-state index contributed by atoms with van der Waals surface area (Å²) >= 11 is 0. The Bertz CT molecular complexity index is 410. The molecular weight excluding hydrogens is 259 g/mol. The number of nitrogens with zero attached hydrogens (tertiary/aromatic N) is 1. The third-order valence-electron chi connectivity index (χ3n) is 2.38. The number of alkyl halides is 3. The fourth-order valence-corrected chi connectivity index (χ4v) is 1.41. The van der Waals surface area contributed by atoms with Crippen LogP contribution in [-0.2, 0) is 6.18 Å². The molecule has 0 bridgehead atoms. The quantitative estimate of drug-likeness (QED) is 0.748. The number of aliphatic hydroxyl groups excluding tert-OH is 1. The number of aromatic nitrogens is 1. The SMILES string of the molecule is CCCNc1cc(C(F)(F)F)cc(NC(C)CO)n1. The number of pyridine rings is 1. The van der Waals surface area contributed by atoms with E-state index in [1.54, 1.807) is 6.92 Å².